The van der Waals surface area contributed by atoms with Crippen LogP contribution in [0, 0.1) is 10.7 Å². The van der Waals surface area contributed by atoms with E-state index >= 15 is 0 Å². The first kappa shape index (κ1) is 11.0. The van der Waals surface area contributed by atoms with Gasteiger partial charge in [-0.2, -0.15) is 5.26 Å². The lowest BCUT2D eigenvalue weighted by Crippen LogP contribution is -2.35. The summed E-state index contributed by atoms with van der Waals surface area (Å²) in [6.07, 6.45) is 1.56. The minimum Gasteiger partial charge on any atom is -0.459 e. The van der Waals surface area contributed by atoms with Crippen molar-refractivity contribution < 1.29 is 9.53 Å². The molecule has 1 aromatic rings. The fourth-order valence-electron chi connectivity index (χ4n) is 1.58. The maximum absolute atomic E-state index is 11.6. The predicted molar refractivity (Wildman–Crippen MR) is 61.9 cm³/mol. The molecule has 1 saturated carbocycles. The first-order valence-corrected chi connectivity index (χ1v) is 5.98. The van der Waals surface area contributed by atoms with Crippen molar-refractivity contribution in [1.29, 1.82) is 5.26 Å². The zero-order valence-electron chi connectivity index (χ0n) is 8.63. The summed E-state index contributed by atoms with van der Waals surface area (Å²) in [6.45, 7) is 0. The highest BCUT2D eigenvalue weighted by Gasteiger charge is 2.32. The van der Waals surface area contributed by atoms with E-state index in [-0.39, 0.29) is 12.1 Å². The summed E-state index contributed by atoms with van der Waals surface area (Å²) in [5.41, 5.74) is 0.582. The number of rotatable bonds is 3. The smallest absolute Gasteiger partial charge is 0.338 e. The summed E-state index contributed by atoms with van der Waals surface area (Å²) < 4.78 is 5.29. The Kier molecular flexibility index (Phi) is 3.47. The number of carbonyl (C=O) groups excluding carboxylic acids is 1. The minimum atomic E-state index is -0.272. The average Bonchev–Trinajstić information content (AvgIpc) is 2.27. The molecule has 1 aromatic carbocycles. The zero-order valence-corrected chi connectivity index (χ0v) is 9.44. The molecule has 0 radical (unpaired) electrons. The lowest BCUT2D eigenvalue weighted by atomic mass is 9.95. The molecule has 1 aliphatic carbocycles. The molecule has 3 nitrogen and oxygen atoms in total. The summed E-state index contributed by atoms with van der Waals surface area (Å²) in [4.78, 5) is 11.6. The number of esters is 1. The molecule has 0 aliphatic heterocycles. The molecule has 0 bridgehead atoms. The van der Waals surface area contributed by atoms with Crippen LogP contribution in [-0.2, 0) is 4.74 Å². The molecule has 0 atom stereocenters. The monoisotopic (exact) mass is 233 g/mol. The summed E-state index contributed by atoms with van der Waals surface area (Å²) in [7, 11) is 0. The molecule has 0 spiro atoms. The van der Waals surface area contributed by atoms with Crippen LogP contribution in [-0.4, -0.2) is 17.3 Å². The summed E-state index contributed by atoms with van der Waals surface area (Å²) >= 11 is 1.26. The Morgan fingerprint density at radius 2 is 2.06 bits per heavy atom. The average molecular weight is 233 g/mol. The molecular formula is C12H11NO2S. The van der Waals surface area contributed by atoms with E-state index in [9.17, 15) is 4.79 Å². The van der Waals surface area contributed by atoms with Crippen molar-refractivity contribution in [3.63, 3.8) is 0 Å². The first-order chi connectivity index (χ1) is 7.79. The van der Waals surface area contributed by atoms with Gasteiger partial charge in [0.1, 0.15) is 11.5 Å². The topological polar surface area (TPSA) is 50.1 Å². The van der Waals surface area contributed by atoms with Crippen LogP contribution in [0.5, 0.6) is 0 Å². The SMILES string of the molecule is N#CSC1CC(OC(=O)c2ccccc2)C1. The van der Waals surface area contributed by atoms with Crippen molar-refractivity contribution in [2.75, 3.05) is 0 Å². The number of carbonyl (C=O) groups is 1. The van der Waals surface area contributed by atoms with E-state index in [2.05, 4.69) is 5.40 Å². The largest absolute Gasteiger partial charge is 0.459 e. The standard InChI is InChI=1S/C12H11NO2S/c13-8-16-11-6-10(7-11)15-12(14)9-4-2-1-3-5-9/h1-5,10-11H,6-7H2. The van der Waals surface area contributed by atoms with Crippen molar-refractivity contribution >= 4 is 17.7 Å². The van der Waals surface area contributed by atoms with E-state index in [0.29, 0.717) is 10.8 Å². The normalized spacial score (nSPS) is 22.9. The van der Waals surface area contributed by atoms with Gasteiger partial charge in [-0.15, -0.1) is 0 Å². The predicted octanol–water partition coefficient (Wildman–Crippen LogP) is 2.59. The van der Waals surface area contributed by atoms with Gasteiger partial charge in [0, 0.05) is 5.25 Å². The van der Waals surface area contributed by atoms with Gasteiger partial charge >= 0.3 is 5.97 Å². The Balaban J connectivity index is 1.80. The molecule has 0 heterocycles. The van der Waals surface area contributed by atoms with Gasteiger partial charge in [-0.05, 0) is 36.7 Å². The van der Waals surface area contributed by atoms with Gasteiger partial charge in [0.2, 0.25) is 0 Å². The van der Waals surface area contributed by atoms with Gasteiger partial charge in [0.15, 0.2) is 0 Å². The van der Waals surface area contributed by atoms with E-state index < -0.39 is 0 Å². The van der Waals surface area contributed by atoms with Crippen molar-refractivity contribution in [2.45, 2.75) is 24.2 Å². The van der Waals surface area contributed by atoms with Crippen LogP contribution in [0.15, 0.2) is 30.3 Å². The van der Waals surface area contributed by atoms with Gasteiger partial charge in [-0.1, -0.05) is 18.2 Å². The Morgan fingerprint density at radius 1 is 1.38 bits per heavy atom. The number of thiocyanates is 1. The van der Waals surface area contributed by atoms with E-state index in [1.807, 2.05) is 18.2 Å². The van der Waals surface area contributed by atoms with Crippen LogP contribution in [0.25, 0.3) is 0 Å². The first-order valence-electron chi connectivity index (χ1n) is 5.10. The number of ether oxygens (including phenoxy) is 1. The minimum absolute atomic E-state index is 0.0152. The third kappa shape index (κ3) is 2.56. The second kappa shape index (κ2) is 5.04. The molecule has 1 aliphatic rings. The Labute approximate surface area is 98.4 Å². The fourth-order valence-corrected chi connectivity index (χ4v) is 2.35. The van der Waals surface area contributed by atoms with Crippen molar-refractivity contribution in [3.8, 4) is 5.40 Å². The lowest BCUT2D eigenvalue weighted by Gasteiger charge is -2.32. The lowest BCUT2D eigenvalue weighted by molar-refractivity contribution is 0.0110. The molecule has 82 valence electrons. The molecule has 0 N–H and O–H groups in total. The van der Waals surface area contributed by atoms with Crippen LogP contribution in [0.3, 0.4) is 0 Å². The molecule has 0 saturated heterocycles. The number of hydrogen-bond donors (Lipinski definition) is 0. The third-order valence-corrected chi connectivity index (χ3v) is 3.38. The van der Waals surface area contributed by atoms with Gasteiger partial charge in [0.05, 0.1) is 5.56 Å². The number of nitriles is 1. The Morgan fingerprint density at radius 3 is 2.69 bits per heavy atom. The maximum atomic E-state index is 11.6. The highest BCUT2D eigenvalue weighted by Crippen LogP contribution is 2.33. The van der Waals surface area contributed by atoms with Crippen molar-refractivity contribution in [3.05, 3.63) is 35.9 Å². The van der Waals surface area contributed by atoms with Gasteiger partial charge in [-0.3, -0.25) is 0 Å². The molecule has 0 amide bonds. The number of thioether (sulfide) groups is 1. The van der Waals surface area contributed by atoms with Crippen LogP contribution in [0.2, 0.25) is 0 Å². The molecule has 0 unspecified atom stereocenters. The van der Waals surface area contributed by atoms with Crippen LogP contribution < -0.4 is 0 Å². The number of hydrogen-bond acceptors (Lipinski definition) is 4. The molecule has 2 rings (SSSR count). The molecule has 1 fully saturated rings. The van der Waals surface area contributed by atoms with Crippen molar-refractivity contribution in [2.24, 2.45) is 0 Å². The molecule has 0 aromatic heterocycles. The molecule has 4 heteroatoms. The highest BCUT2D eigenvalue weighted by molar-refractivity contribution is 8.04. The highest BCUT2D eigenvalue weighted by atomic mass is 32.2. The van der Waals surface area contributed by atoms with Gasteiger partial charge in [0.25, 0.3) is 0 Å². The third-order valence-electron chi connectivity index (χ3n) is 2.55. The van der Waals surface area contributed by atoms with E-state index in [1.54, 1.807) is 12.1 Å². The summed E-state index contributed by atoms with van der Waals surface area (Å²) in [6, 6.07) is 8.96. The second-order valence-electron chi connectivity index (χ2n) is 3.70. The van der Waals surface area contributed by atoms with Gasteiger partial charge < -0.3 is 4.74 Å². The fraction of sp³-hybridized carbons (Fsp3) is 0.333. The Hall–Kier alpha value is -1.47. The van der Waals surface area contributed by atoms with Crippen LogP contribution in [0.1, 0.15) is 23.2 Å². The number of nitrogens with zero attached hydrogens (tertiary/aromatic N) is 1. The van der Waals surface area contributed by atoms with Crippen LogP contribution in [0.4, 0.5) is 0 Å². The second-order valence-corrected chi connectivity index (χ2v) is 4.78. The van der Waals surface area contributed by atoms with Crippen molar-refractivity contribution in [1.82, 2.24) is 0 Å². The maximum Gasteiger partial charge on any atom is 0.338 e. The summed E-state index contributed by atoms with van der Waals surface area (Å²) in [5, 5.41) is 10.8. The van der Waals surface area contributed by atoms with Crippen LogP contribution >= 0.6 is 11.8 Å². The number of benzene rings is 1. The Bertz CT molecular complexity index is 407. The molecular weight excluding hydrogens is 222 g/mol. The van der Waals surface area contributed by atoms with Gasteiger partial charge in [-0.25, -0.2) is 4.79 Å². The van der Waals surface area contributed by atoms with E-state index in [0.717, 1.165) is 12.8 Å². The quantitative estimate of drug-likeness (QED) is 0.594. The van der Waals surface area contributed by atoms with E-state index in [4.69, 9.17) is 10.00 Å². The zero-order chi connectivity index (χ0) is 11.4. The molecule has 16 heavy (non-hydrogen) atoms. The van der Waals surface area contributed by atoms with E-state index in [1.165, 1.54) is 11.8 Å². The summed E-state index contributed by atoms with van der Waals surface area (Å²) in [5.74, 6) is -0.272.